The Kier molecular flexibility index (Phi) is 3.12. The number of nitrogens with zero attached hydrogens (tertiary/aromatic N) is 5. The van der Waals surface area contributed by atoms with E-state index in [4.69, 9.17) is 0 Å². The first kappa shape index (κ1) is 12.3. The van der Waals surface area contributed by atoms with E-state index in [9.17, 15) is 0 Å². The van der Waals surface area contributed by atoms with Crippen molar-refractivity contribution in [3.8, 4) is 11.4 Å². The van der Waals surface area contributed by atoms with Gasteiger partial charge in [-0.2, -0.15) is 9.50 Å². The van der Waals surface area contributed by atoms with Gasteiger partial charge in [0.15, 0.2) is 5.82 Å². The van der Waals surface area contributed by atoms with Crippen molar-refractivity contribution in [3.63, 3.8) is 0 Å². The zero-order valence-electron chi connectivity index (χ0n) is 11.1. The van der Waals surface area contributed by atoms with E-state index in [0.717, 1.165) is 17.1 Å². The highest BCUT2D eigenvalue weighted by atomic mass is 15.4. The molecule has 0 atom stereocenters. The Hall–Kier alpha value is -2.76. The van der Waals surface area contributed by atoms with Crippen LogP contribution in [0.1, 0.15) is 5.69 Å². The number of hydrogen-bond donors (Lipinski definition) is 1. The normalized spacial score (nSPS) is 10.7. The second kappa shape index (κ2) is 5.08. The molecule has 0 aliphatic rings. The van der Waals surface area contributed by atoms with Crippen molar-refractivity contribution in [3.05, 3.63) is 48.9 Å². The van der Waals surface area contributed by atoms with Gasteiger partial charge in [-0.05, 0) is 19.1 Å². The minimum absolute atomic E-state index is 0.565. The molecule has 0 amide bonds. The molecule has 0 spiro atoms. The molecule has 0 saturated carbocycles. The lowest BCUT2D eigenvalue weighted by atomic mass is 10.3. The summed E-state index contributed by atoms with van der Waals surface area (Å²) in [5, 5.41) is 7.71. The summed E-state index contributed by atoms with van der Waals surface area (Å²) in [6.45, 7) is 6.28. The minimum Gasteiger partial charge on any atom is -0.366 e. The summed E-state index contributed by atoms with van der Waals surface area (Å²) >= 11 is 0. The third-order valence-corrected chi connectivity index (χ3v) is 2.79. The van der Waals surface area contributed by atoms with Gasteiger partial charge in [-0.15, -0.1) is 11.7 Å². The number of aryl methyl sites for hydroxylation is 1. The third-order valence-electron chi connectivity index (χ3n) is 2.79. The molecule has 1 N–H and O–H groups in total. The standard InChI is InChI=1S/C14H14N6/c1-3-6-16-12-8-10(2)17-14-18-13(19-20(12)14)11-5-4-7-15-9-11/h3-5,7-9,16H,1,6H2,2H3. The maximum absolute atomic E-state index is 4.48. The van der Waals surface area contributed by atoms with E-state index < -0.39 is 0 Å². The molecular formula is C14H14N6. The summed E-state index contributed by atoms with van der Waals surface area (Å²) < 4.78 is 1.69. The van der Waals surface area contributed by atoms with Crippen LogP contribution in [0.15, 0.2) is 43.2 Å². The molecule has 3 heterocycles. The fourth-order valence-electron chi connectivity index (χ4n) is 1.91. The van der Waals surface area contributed by atoms with Gasteiger partial charge in [0.05, 0.1) is 0 Å². The van der Waals surface area contributed by atoms with E-state index >= 15 is 0 Å². The molecule has 0 aliphatic carbocycles. The maximum atomic E-state index is 4.48. The van der Waals surface area contributed by atoms with Crippen molar-refractivity contribution < 1.29 is 0 Å². The van der Waals surface area contributed by atoms with E-state index in [1.165, 1.54) is 0 Å². The molecule has 3 aromatic rings. The van der Waals surface area contributed by atoms with Crippen molar-refractivity contribution in [2.45, 2.75) is 6.92 Å². The van der Waals surface area contributed by atoms with E-state index in [2.05, 4.69) is 31.9 Å². The van der Waals surface area contributed by atoms with E-state index in [-0.39, 0.29) is 0 Å². The van der Waals surface area contributed by atoms with Crippen LogP contribution in [0.4, 0.5) is 5.82 Å². The molecule has 0 saturated heterocycles. The van der Waals surface area contributed by atoms with E-state index in [0.29, 0.717) is 18.1 Å². The average Bonchev–Trinajstić information content (AvgIpc) is 2.89. The lowest BCUT2D eigenvalue weighted by molar-refractivity contribution is 0.930. The first-order valence-corrected chi connectivity index (χ1v) is 6.27. The number of pyridine rings is 1. The second-order valence-electron chi connectivity index (χ2n) is 4.34. The molecule has 100 valence electrons. The zero-order chi connectivity index (χ0) is 13.9. The van der Waals surface area contributed by atoms with Crippen LogP contribution in [0.3, 0.4) is 0 Å². The predicted octanol–water partition coefficient (Wildman–Crippen LogP) is 2.09. The lowest BCUT2D eigenvalue weighted by Gasteiger charge is -2.05. The van der Waals surface area contributed by atoms with Crippen molar-refractivity contribution in [1.82, 2.24) is 24.6 Å². The van der Waals surface area contributed by atoms with Gasteiger partial charge in [0.1, 0.15) is 5.82 Å². The van der Waals surface area contributed by atoms with Crippen LogP contribution in [0.25, 0.3) is 17.2 Å². The monoisotopic (exact) mass is 266 g/mol. The first-order chi connectivity index (χ1) is 9.78. The fraction of sp³-hybridized carbons (Fsp3) is 0.143. The number of aromatic nitrogens is 5. The Morgan fingerprint density at radius 3 is 3.05 bits per heavy atom. The molecule has 0 aliphatic heterocycles. The largest absolute Gasteiger partial charge is 0.366 e. The van der Waals surface area contributed by atoms with Gasteiger partial charge < -0.3 is 5.32 Å². The Morgan fingerprint density at radius 1 is 1.40 bits per heavy atom. The Bertz CT molecular complexity index is 747. The van der Waals surface area contributed by atoms with Crippen LogP contribution in [0.2, 0.25) is 0 Å². The molecule has 0 unspecified atom stereocenters. The van der Waals surface area contributed by atoms with E-state index in [1.54, 1.807) is 23.0 Å². The van der Waals surface area contributed by atoms with Gasteiger partial charge in [-0.1, -0.05) is 6.08 Å². The molecule has 3 rings (SSSR count). The number of fused-ring (bicyclic) bond motifs is 1. The smallest absolute Gasteiger partial charge is 0.254 e. The number of rotatable bonds is 4. The van der Waals surface area contributed by atoms with Gasteiger partial charge in [-0.3, -0.25) is 4.98 Å². The SMILES string of the molecule is C=CCNc1cc(C)nc2nc(-c3cccnc3)nn12. The molecule has 0 bridgehead atoms. The summed E-state index contributed by atoms with van der Waals surface area (Å²) in [7, 11) is 0. The highest BCUT2D eigenvalue weighted by molar-refractivity contribution is 5.57. The molecule has 20 heavy (non-hydrogen) atoms. The van der Waals surface area contributed by atoms with Crippen molar-refractivity contribution >= 4 is 11.6 Å². The van der Waals surface area contributed by atoms with Gasteiger partial charge in [0.25, 0.3) is 5.78 Å². The molecule has 6 heteroatoms. The summed E-state index contributed by atoms with van der Waals surface area (Å²) in [4.78, 5) is 12.9. The molecule has 0 aromatic carbocycles. The summed E-state index contributed by atoms with van der Waals surface area (Å²) in [5.74, 6) is 2.02. The van der Waals surface area contributed by atoms with Crippen LogP contribution in [-0.4, -0.2) is 31.1 Å². The minimum atomic E-state index is 0.565. The third kappa shape index (κ3) is 2.23. The van der Waals surface area contributed by atoms with Gasteiger partial charge >= 0.3 is 0 Å². The van der Waals surface area contributed by atoms with Crippen LogP contribution in [0, 0.1) is 6.92 Å². The van der Waals surface area contributed by atoms with E-state index in [1.807, 2.05) is 25.1 Å². The van der Waals surface area contributed by atoms with Gasteiger partial charge in [-0.25, -0.2) is 4.98 Å². The van der Waals surface area contributed by atoms with Crippen LogP contribution in [-0.2, 0) is 0 Å². The molecule has 0 fully saturated rings. The molecular weight excluding hydrogens is 252 g/mol. The number of nitrogens with one attached hydrogen (secondary N) is 1. The number of anilines is 1. The van der Waals surface area contributed by atoms with Crippen LogP contribution in [0.5, 0.6) is 0 Å². The summed E-state index contributed by atoms with van der Waals surface area (Å²) in [6.07, 6.45) is 5.25. The van der Waals surface area contributed by atoms with Crippen LogP contribution < -0.4 is 5.32 Å². The van der Waals surface area contributed by atoms with Crippen molar-refractivity contribution in [2.24, 2.45) is 0 Å². The quantitative estimate of drug-likeness (QED) is 0.732. The maximum Gasteiger partial charge on any atom is 0.254 e. The topological polar surface area (TPSA) is 68.0 Å². The summed E-state index contributed by atoms with van der Waals surface area (Å²) in [5.41, 5.74) is 1.75. The molecule has 0 radical (unpaired) electrons. The van der Waals surface area contributed by atoms with Gasteiger partial charge in [0.2, 0.25) is 0 Å². The Balaban J connectivity index is 2.12. The highest BCUT2D eigenvalue weighted by Crippen LogP contribution is 2.17. The molecule has 6 nitrogen and oxygen atoms in total. The molecule has 3 aromatic heterocycles. The highest BCUT2D eigenvalue weighted by Gasteiger charge is 2.10. The van der Waals surface area contributed by atoms with Crippen molar-refractivity contribution in [2.75, 3.05) is 11.9 Å². The zero-order valence-corrected chi connectivity index (χ0v) is 11.1. The van der Waals surface area contributed by atoms with Crippen molar-refractivity contribution in [1.29, 1.82) is 0 Å². The Labute approximate surface area is 116 Å². The fourth-order valence-corrected chi connectivity index (χ4v) is 1.91. The lowest BCUT2D eigenvalue weighted by Crippen LogP contribution is -2.06. The number of hydrogen-bond acceptors (Lipinski definition) is 5. The Morgan fingerprint density at radius 2 is 2.30 bits per heavy atom. The van der Waals surface area contributed by atoms with Crippen LogP contribution >= 0.6 is 0 Å². The average molecular weight is 266 g/mol. The first-order valence-electron chi connectivity index (χ1n) is 6.27. The second-order valence-corrected chi connectivity index (χ2v) is 4.34. The van der Waals surface area contributed by atoms with Gasteiger partial charge in [0, 0.05) is 36.3 Å². The summed E-state index contributed by atoms with van der Waals surface area (Å²) in [6, 6.07) is 5.71. The predicted molar refractivity (Wildman–Crippen MR) is 77.4 cm³/mol.